The molecule has 1 aliphatic heterocycles. The van der Waals surface area contributed by atoms with Crippen molar-refractivity contribution in [3.8, 4) is 5.75 Å². The standard InChI is InChI=1S/C33H31N5O7/c34-30(17-21-5-15-28(39)16-6-21)33(41)36-20-25-4-2-1-3-24(25)18-31(36)32(40)35-19-29(22-7-11-26(12-8-22)37(42)43)23-9-13-27(14-10-23)38(44)45/h1-16,29-31,39H,17-20,34H2,(H,35,40)/t30-,31-/m0/s1. The Bertz CT molecular complexity index is 1650. The summed E-state index contributed by atoms with van der Waals surface area (Å²) in [7, 11) is 0. The van der Waals surface area contributed by atoms with E-state index in [1.54, 1.807) is 36.4 Å². The van der Waals surface area contributed by atoms with Crippen LogP contribution < -0.4 is 11.1 Å². The molecule has 0 aromatic heterocycles. The molecule has 1 aliphatic rings. The van der Waals surface area contributed by atoms with E-state index in [2.05, 4.69) is 5.32 Å². The van der Waals surface area contributed by atoms with Gasteiger partial charge in [-0.15, -0.1) is 0 Å². The van der Waals surface area contributed by atoms with E-state index < -0.39 is 33.8 Å². The topological polar surface area (TPSA) is 182 Å². The summed E-state index contributed by atoms with van der Waals surface area (Å²) >= 11 is 0. The van der Waals surface area contributed by atoms with Gasteiger partial charge in [-0.05, 0) is 46.4 Å². The van der Waals surface area contributed by atoms with Crippen LogP contribution >= 0.6 is 0 Å². The Hall–Kier alpha value is -5.62. The van der Waals surface area contributed by atoms with E-state index in [0.717, 1.165) is 16.7 Å². The molecule has 1 heterocycles. The molecule has 12 heteroatoms. The Morgan fingerprint density at radius 1 is 0.844 bits per heavy atom. The van der Waals surface area contributed by atoms with Crippen molar-refractivity contribution in [3.05, 3.63) is 145 Å². The van der Waals surface area contributed by atoms with Gasteiger partial charge in [-0.3, -0.25) is 29.8 Å². The first kappa shape index (κ1) is 30.8. The summed E-state index contributed by atoms with van der Waals surface area (Å²) in [6, 6.07) is 24.0. The van der Waals surface area contributed by atoms with Gasteiger partial charge in [-0.1, -0.05) is 60.7 Å². The summed E-state index contributed by atoms with van der Waals surface area (Å²) in [6.45, 7) is 0.263. The summed E-state index contributed by atoms with van der Waals surface area (Å²) in [6.07, 6.45) is 0.493. The Labute approximate surface area is 258 Å². The lowest BCUT2D eigenvalue weighted by Crippen LogP contribution is -2.57. The van der Waals surface area contributed by atoms with Crippen molar-refractivity contribution in [3.63, 3.8) is 0 Å². The minimum atomic E-state index is -0.928. The van der Waals surface area contributed by atoms with Crippen LogP contribution in [0.3, 0.4) is 0 Å². The minimum absolute atomic E-state index is 0.0637. The highest BCUT2D eigenvalue weighted by atomic mass is 16.6. The molecule has 0 spiro atoms. The average Bonchev–Trinajstić information content (AvgIpc) is 3.05. The van der Waals surface area contributed by atoms with E-state index in [4.69, 9.17) is 5.73 Å². The quantitative estimate of drug-likeness (QED) is 0.178. The van der Waals surface area contributed by atoms with Crippen LogP contribution in [0.25, 0.3) is 0 Å². The van der Waals surface area contributed by atoms with E-state index in [1.807, 2.05) is 24.3 Å². The van der Waals surface area contributed by atoms with Gasteiger partial charge in [0, 0.05) is 49.7 Å². The number of amides is 2. The first-order valence-electron chi connectivity index (χ1n) is 14.3. The van der Waals surface area contributed by atoms with E-state index in [0.29, 0.717) is 11.1 Å². The molecule has 0 saturated heterocycles. The molecule has 0 saturated carbocycles. The highest BCUT2D eigenvalue weighted by Crippen LogP contribution is 2.29. The van der Waals surface area contributed by atoms with Gasteiger partial charge in [0.05, 0.1) is 15.9 Å². The zero-order valence-corrected chi connectivity index (χ0v) is 24.1. The van der Waals surface area contributed by atoms with Crippen LogP contribution in [0.4, 0.5) is 11.4 Å². The fourth-order valence-electron chi connectivity index (χ4n) is 5.58. The number of fused-ring (bicyclic) bond motifs is 1. The van der Waals surface area contributed by atoms with Gasteiger partial charge in [0.15, 0.2) is 0 Å². The van der Waals surface area contributed by atoms with Crippen LogP contribution in [0.15, 0.2) is 97.1 Å². The Morgan fingerprint density at radius 2 is 1.38 bits per heavy atom. The van der Waals surface area contributed by atoms with E-state index in [1.165, 1.54) is 41.3 Å². The maximum Gasteiger partial charge on any atom is 0.269 e. The van der Waals surface area contributed by atoms with Crippen molar-refractivity contribution in [2.24, 2.45) is 5.73 Å². The number of nitrogens with zero attached hydrogens (tertiary/aromatic N) is 3. The third-order valence-electron chi connectivity index (χ3n) is 8.04. The SMILES string of the molecule is N[C@@H](Cc1ccc(O)cc1)C(=O)N1Cc2ccccc2C[C@H]1C(=O)NCC(c1ccc([N+](=O)[O-])cc1)c1ccc([N+](=O)[O-])cc1. The van der Waals surface area contributed by atoms with Crippen molar-refractivity contribution >= 4 is 23.2 Å². The van der Waals surface area contributed by atoms with Crippen LogP contribution in [0.5, 0.6) is 5.75 Å². The maximum atomic E-state index is 13.8. The smallest absolute Gasteiger partial charge is 0.269 e. The number of aromatic hydroxyl groups is 1. The van der Waals surface area contributed by atoms with Gasteiger partial charge < -0.3 is 21.1 Å². The van der Waals surface area contributed by atoms with Crippen molar-refractivity contribution < 1.29 is 24.5 Å². The van der Waals surface area contributed by atoms with Gasteiger partial charge in [0.1, 0.15) is 11.8 Å². The van der Waals surface area contributed by atoms with Crippen molar-refractivity contribution in [1.82, 2.24) is 10.2 Å². The number of nitrogens with one attached hydrogen (secondary N) is 1. The van der Waals surface area contributed by atoms with Gasteiger partial charge >= 0.3 is 0 Å². The monoisotopic (exact) mass is 609 g/mol. The number of hydrogen-bond acceptors (Lipinski definition) is 8. The molecule has 45 heavy (non-hydrogen) atoms. The zero-order valence-electron chi connectivity index (χ0n) is 24.1. The van der Waals surface area contributed by atoms with Crippen molar-refractivity contribution in [2.75, 3.05) is 6.54 Å². The highest BCUT2D eigenvalue weighted by Gasteiger charge is 2.36. The van der Waals surface area contributed by atoms with Gasteiger partial charge in [-0.2, -0.15) is 0 Å². The largest absolute Gasteiger partial charge is 0.508 e. The predicted molar refractivity (Wildman–Crippen MR) is 165 cm³/mol. The third kappa shape index (κ3) is 7.13. The lowest BCUT2D eigenvalue weighted by Gasteiger charge is -2.37. The molecular weight excluding hydrogens is 578 g/mol. The second-order valence-corrected chi connectivity index (χ2v) is 10.9. The fraction of sp³-hybridized carbons (Fsp3) is 0.212. The number of non-ortho nitro benzene ring substituents is 2. The molecule has 4 aromatic rings. The number of phenols is 1. The molecule has 230 valence electrons. The molecule has 0 radical (unpaired) electrons. The van der Waals surface area contributed by atoms with Crippen LogP contribution in [0, 0.1) is 20.2 Å². The number of phenolic OH excluding ortho intramolecular Hbond substituents is 1. The lowest BCUT2D eigenvalue weighted by atomic mass is 9.90. The molecule has 5 rings (SSSR count). The van der Waals surface area contributed by atoms with Gasteiger partial charge in [0.2, 0.25) is 11.8 Å². The summed E-state index contributed by atoms with van der Waals surface area (Å²) in [5.74, 6) is -1.18. The molecule has 12 nitrogen and oxygen atoms in total. The summed E-state index contributed by atoms with van der Waals surface area (Å²) in [5, 5.41) is 35.0. The van der Waals surface area contributed by atoms with Gasteiger partial charge in [0.25, 0.3) is 11.4 Å². The minimum Gasteiger partial charge on any atom is -0.508 e. The number of carbonyl (C=O) groups excluding carboxylic acids is 2. The predicted octanol–water partition coefficient (Wildman–Crippen LogP) is 3.98. The first-order chi connectivity index (χ1) is 21.6. The fourth-order valence-corrected chi connectivity index (χ4v) is 5.58. The molecule has 2 amide bonds. The van der Waals surface area contributed by atoms with E-state index >= 15 is 0 Å². The molecule has 4 aromatic carbocycles. The number of nitro groups is 2. The van der Waals surface area contributed by atoms with Crippen molar-refractivity contribution in [2.45, 2.75) is 37.4 Å². The van der Waals surface area contributed by atoms with Crippen LogP contribution in [-0.2, 0) is 29.0 Å². The van der Waals surface area contributed by atoms with E-state index in [-0.39, 0.29) is 49.0 Å². The molecule has 0 bridgehead atoms. The highest BCUT2D eigenvalue weighted by molar-refractivity contribution is 5.90. The average molecular weight is 610 g/mol. The molecular formula is C33H31N5O7. The number of hydrogen-bond donors (Lipinski definition) is 3. The number of nitro benzene ring substituents is 2. The first-order valence-corrected chi connectivity index (χ1v) is 14.3. The molecule has 0 aliphatic carbocycles. The van der Waals surface area contributed by atoms with Gasteiger partial charge in [-0.25, -0.2) is 0 Å². The second-order valence-electron chi connectivity index (χ2n) is 10.9. The molecule has 4 N–H and O–H groups in total. The Balaban J connectivity index is 1.39. The Morgan fingerprint density at radius 3 is 1.91 bits per heavy atom. The Kier molecular flexibility index (Phi) is 9.14. The van der Waals surface area contributed by atoms with Crippen LogP contribution in [0.1, 0.15) is 33.7 Å². The second kappa shape index (κ2) is 13.3. The third-order valence-corrected chi connectivity index (χ3v) is 8.04. The van der Waals surface area contributed by atoms with Crippen LogP contribution in [0.2, 0.25) is 0 Å². The molecule has 0 fully saturated rings. The number of benzene rings is 4. The number of carbonyl (C=O) groups is 2. The number of rotatable bonds is 10. The van der Waals surface area contributed by atoms with Crippen LogP contribution in [-0.4, -0.2) is 50.3 Å². The summed E-state index contributed by atoms with van der Waals surface area (Å²) in [5.41, 5.74) is 10.1. The molecule has 0 unspecified atom stereocenters. The maximum absolute atomic E-state index is 13.8. The lowest BCUT2D eigenvalue weighted by molar-refractivity contribution is -0.385. The normalized spacial score (nSPS) is 14.8. The summed E-state index contributed by atoms with van der Waals surface area (Å²) in [4.78, 5) is 50.5. The van der Waals surface area contributed by atoms with Crippen molar-refractivity contribution in [1.29, 1.82) is 0 Å². The number of nitrogens with two attached hydrogens (primary N) is 1. The van der Waals surface area contributed by atoms with E-state index in [9.17, 15) is 34.9 Å². The zero-order chi connectivity index (χ0) is 32.1. The molecule has 2 atom stereocenters. The summed E-state index contributed by atoms with van der Waals surface area (Å²) < 4.78 is 0.